The normalized spacial score (nSPS) is 11.3. The van der Waals surface area contributed by atoms with Crippen molar-refractivity contribution in [3.63, 3.8) is 0 Å². The van der Waals surface area contributed by atoms with E-state index in [9.17, 15) is 4.79 Å². The number of amides is 1. The fourth-order valence-electron chi connectivity index (χ4n) is 2.48. The zero-order valence-corrected chi connectivity index (χ0v) is 17.3. The lowest BCUT2D eigenvalue weighted by atomic mass is 10.2. The molecule has 0 aliphatic heterocycles. The SMILES string of the molecule is CSc1ccc(C(=O)N(CCN(C)C)c2nc3ccc(Cl)cc3s2)cc1. The molecule has 0 saturated carbocycles. The smallest absolute Gasteiger partial charge is 0.260 e. The van der Waals surface area contributed by atoms with E-state index < -0.39 is 0 Å². The van der Waals surface area contributed by atoms with E-state index in [2.05, 4.69) is 9.88 Å². The minimum absolute atomic E-state index is 0.0374. The molecule has 0 radical (unpaired) electrons. The number of benzene rings is 2. The van der Waals surface area contributed by atoms with Gasteiger partial charge in [-0.15, -0.1) is 11.8 Å². The van der Waals surface area contributed by atoms with Gasteiger partial charge in [-0.05, 0) is 62.8 Å². The molecule has 0 atom stereocenters. The number of halogens is 1. The van der Waals surface area contributed by atoms with Crippen molar-refractivity contribution in [2.75, 3.05) is 38.3 Å². The summed E-state index contributed by atoms with van der Waals surface area (Å²) < 4.78 is 0.980. The van der Waals surface area contributed by atoms with Crippen LogP contribution in [-0.2, 0) is 0 Å². The van der Waals surface area contributed by atoms with Gasteiger partial charge in [-0.1, -0.05) is 22.9 Å². The van der Waals surface area contributed by atoms with E-state index in [-0.39, 0.29) is 5.91 Å². The number of carbonyl (C=O) groups excluding carboxylic acids is 1. The highest BCUT2D eigenvalue weighted by Gasteiger charge is 2.21. The molecule has 3 rings (SSSR count). The third-order valence-electron chi connectivity index (χ3n) is 3.92. The molecular formula is C19H20ClN3OS2. The number of carbonyl (C=O) groups is 1. The number of rotatable bonds is 6. The molecule has 136 valence electrons. The van der Waals surface area contributed by atoms with Crippen molar-refractivity contribution in [1.82, 2.24) is 9.88 Å². The van der Waals surface area contributed by atoms with Gasteiger partial charge in [0.25, 0.3) is 5.91 Å². The highest BCUT2D eigenvalue weighted by molar-refractivity contribution is 7.98. The van der Waals surface area contributed by atoms with E-state index in [1.807, 2.05) is 62.8 Å². The second-order valence-electron chi connectivity index (χ2n) is 6.10. The van der Waals surface area contributed by atoms with Crippen LogP contribution in [0, 0.1) is 0 Å². The molecule has 4 nitrogen and oxygen atoms in total. The summed E-state index contributed by atoms with van der Waals surface area (Å²) in [6.45, 7) is 1.33. The third-order valence-corrected chi connectivity index (χ3v) is 5.94. The predicted molar refractivity (Wildman–Crippen MR) is 113 cm³/mol. The van der Waals surface area contributed by atoms with Gasteiger partial charge in [-0.3, -0.25) is 9.69 Å². The molecule has 0 spiro atoms. The Morgan fingerprint density at radius 1 is 1.15 bits per heavy atom. The van der Waals surface area contributed by atoms with Crippen molar-refractivity contribution in [1.29, 1.82) is 0 Å². The van der Waals surface area contributed by atoms with Crippen LogP contribution in [0.4, 0.5) is 5.13 Å². The van der Waals surface area contributed by atoms with Gasteiger partial charge in [0.05, 0.1) is 10.2 Å². The predicted octanol–water partition coefficient (Wildman–Crippen LogP) is 4.88. The third kappa shape index (κ3) is 4.38. The van der Waals surface area contributed by atoms with Crippen LogP contribution < -0.4 is 4.90 Å². The Bertz CT molecular complexity index is 909. The van der Waals surface area contributed by atoms with Crippen LogP contribution >= 0.6 is 34.7 Å². The summed E-state index contributed by atoms with van der Waals surface area (Å²) in [5, 5.41) is 1.37. The van der Waals surface area contributed by atoms with Crippen LogP contribution in [0.1, 0.15) is 10.4 Å². The van der Waals surface area contributed by atoms with Crippen LogP contribution in [-0.4, -0.2) is 49.2 Å². The molecule has 26 heavy (non-hydrogen) atoms. The summed E-state index contributed by atoms with van der Waals surface area (Å²) >= 11 is 9.23. The van der Waals surface area contributed by atoms with Crippen molar-refractivity contribution >= 4 is 56.0 Å². The average Bonchev–Trinajstić information content (AvgIpc) is 3.04. The first kappa shape index (κ1) is 19.2. The Morgan fingerprint density at radius 3 is 2.54 bits per heavy atom. The average molecular weight is 406 g/mol. The number of nitrogens with zero attached hydrogens (tertiary/aromatic N) is 3. The monoisotopic (exact) mass is 405 g/mol. The lowest BCUT2D eigenvalue weighted by Gasteiger charge is -2.22. The molecule has 7 heteroatoms. The lowest BCUT2D eigenvalue weighted by molar-refractivity contribution is 0.0985. The molecule has 1 heterocycles. The number of thioether (sulfide) groups is 1. The molecule has 0 fully saturated rings. The Labute approximate surface area is 166 Å². The maximum atomic E-state index is 13.1. The van der Waals surface area contributed by atoms with Gasteiger partial charge in [0, 0.05) is 28.6 Å². The molecular weight excluding hydrogens is 386 g/mol. The van der Waals surface area contributed by atoms with Gasteiger partial charge in [-0.2, -0.15) is 0 Å². The van der Waals surface area contributed by atoms with Crippen LogP contribution in [0.3, 0.4) is 0 Å². The molecule has 2 aromatic carbocycles. The first-order valence-corrected chi connectivity index (χ1v) is 10.6. The lowest BCUT2D eigenvalue weighted by Crippen LogP contribution is -2.36. The number of hydrogen-bond donors (Lipinski definition) is 0. The second kappa shape index (κ2) is 8.39. The molecule has 0 N–H and O–H groups in total. The van der Waals surface area contributed by atoms with Gasteiger partial charge in [-0.25, -0.2) is 4.98 Å². The zero-order chi connectivity index (χ0) is 18.7. The van der Waals surface area contributed by atoms with Crippen LogP contribution in [0.15, 0.2) is 47.4 Å². The van der Waals surface area contributed by atoms with E-state index in [1.165, 1.54) is 11.3 Å². The zero-order valence-electron chi connectivity index (χ0n) is 14.9. The maximum absolute atomic E-state index is 13.1. The van der Waals surface area contributed by atoms with Crippen molar-refractivity contribution in [3.05, 3.63) is 53.1 Å². The number of hydrogen-bond acceptors (Lipinski definition) is 5. The highest BCUT2D eigenvalue weighted by Crippen LogP contribution is 2.31. The number of anilines is 1. The van der Waals surface area contributed by atoms with Gasteiger partial charge in [0.1, 0.15) is 0 Å². The quantitative estimate of drug-likeness (QED) is 0.547. The number of aromatic nitrogens is 1. The number of likely N-dealkylation sites (N-methyl/N-ethyl adjacent to an activating group) is 1. The first-order chi connectivity index (χ1) is 12.5. The minimum atomic E-state index is -0.0374. The summed E-state index contributed by atoms with van der Waals surface area (Å²) in [7, 11) is 3.99. The summed E-state index contributed by atoms with van der Waals surface area (Å²) in [6.07, 6.45) is 2.02. The molecule has 1 amide bonds. The fourth-order valence-corrected chi connectivity index (χ4v) is 4.15. The molecule has 0 aliphatic rings. The molecule has 0 aliphatic carbocycles. The summed E-state index contributed by atoms with van der Waals surface area (Å²) in [6, 6.07) is 13.3. The maximum Gasteiger partial charge on any atom is 0.260 e. The van der Waals surface area contributed by atoms with Gasteiger partial charge in [0.15, 0.2) is 5.13 Å². The van der Waals surface area contributed by atoms with E-state index in [4.69, 9.17) is 11.6 Å². The Hall–Kier alpha value is -1.60. The Morgan fingerprint density at radius 2 is 1.88 bits per heavy atom. The van der Waals surface area contributed by atoms with Crippen molar-refractivity contribution < 1.29 is 4.79 Å². The molecule has 0 bridgehead atoms. The van der Waals surface area contributed by atoms with E-state index in [0.717, 1.165) is 21.7 Å². The standard InChI is InChI=1S/C19H20ClN3OS2/c1-22(2)10-11-23(18(24)13-4-7-15(25-3)8-5-13)19-21-16-9-6-14(20)12-17(16)26-19/h4-9,12H,10-11H2,1-3H3. The number of fused-ring (bicyclic) bond motifs is 1. The molecule has 1 aromatic heterocycles. The van der Waals surface area contributed by atoms with Crippen molar-refractivity contribution in [2.24, 2.45) is 0 Å². The molecule has 0 saturated heterocycles. The van der Waals surface area contributed by atoms with Gasteiger partial charge < -0.3 is 4.90 Å². The topological polar surface area (TPSA) is 36.4 Å². The van der Waals surface area contributed by atoms with Crippen LogP contribution in [0.25, 0.3) is 10.2 Å². The van der Waals surface area contributed by atoms with E-state index >= 15 is 0 Å². The first-order valence-electron chi connectivity index (χ1n) is 8.14. The van der Waals surface area contributed by atoms with E-state index in [1.54, 1.807) is 16.7 Å². The molecule has 3 aromatic rings. The summed E-state index contributed by atoms with van der Waals surface area (Å²) in [4.78, 5) is 22.7. The van der Waals surface area contributed by atoms with Crippen LogP contribution in [0.5, 0.6) is 0 Å². The van der Waals surface area contributed by atoms with Crippen molar-refractivity contribution in [2.45, 2.75) is 4.90 Å². The highest BCUT2D eigenvalue weighted by atomic mass is 35.5. The minimum Gasteiger partial charge on any atom is -0.308 e. The second-order valence-corrected chi connectivity index (χ2v) is 8.42. The Balaban J connectivity index is 1.95. The van der Waals surface area contributed by atoms with Crippen molar-refractivity contribution in [3.8, 4) is 0 Å². The van der Waals surface area contributed by atoms with Gasteiger partial charge in [0.2, 0.25) is 0 Å². The largest absolute Gasteiger partial charge is 0.308 e. The van der Waals surface area contributed by atoms with Gasteiger partial charge >= 0.3 is 0 Å². The summed E-state index contributed by atoms with van der Waals surface area (Å²) in [5.41, 5.74) is 1.52. The fraction of sp³-hybridized carbons (Fsp3) is 0.263. The summed E-state index contributed by atoms with van der Waals surface area (Å²) in [5.74, 6) is -0.0374. The Kier molecular flexibility index (Phi) is 6.19. The molecule has 0 unspecified atom stereocenters. The number of thiazole rings is 1. The van der Waals surface area contributed by atoms with E-state index in [0.29, 0.717) is 22.3 Å². The van der Waals surface area contributed by atoms with Crippen LogP contribution in [0.2, 0.25) is 5.02 Å².